The van der Waals surface area contributed by atoms with Crippen LogP contribution in [0, 0.1) is 0 Å². The lowest BCUT2D eigenvalue weighted by Crippen LogP contribution is -2.50. The molecule has 1 atom stereocenters. The highest BCUT2D eigenvalue weighted by molar-refractivity contribution is 5.95. The number of amides is 2. The molecule has 0 saturated carbocycles. The van der Waals surface area contributed by atoms with Crippen molar-refractivity contribution in [3.8, 4) is 17.2 Å². The van der Waals surface area contributed by atoms with Crippen LogP contribution in [0.1, 0.15) is 29.4 Å². The largest absolute Gasteiger partial charge is 0.457 e. The van der Waals surface area contributed by atoms with Crippen molar-refractivity contribution in [2.75, 3.05) is 18.8 Å². The molecule has 2 amide bonds. The molecular weight excluding hydrogens is 406 g/mol. The Bertz CT molecular complexity index is 1140. The van der Waals surface area contributed by atoms with E-state index in [4.69, 9.17) is 16.2 Å². The number of likely N-dealkylation sites (tertiary alicyclic amines) is 1. The molecule has 1 aliphatic heterocycles. The zero-order valence-corrected chi connectivity index (χ0v) is 17.7. The summed E-state index contributed by atoms with van der Waals surface area (Å²) in [5.41, 5.74) is 12.9. The number of anilines is 1. The zero-order valence-electron chi connectivity index (χ0n) is 17.7. The maximum atomic E-state index is 12.2. The number of aromatic nitrogens is 2. The number of imidazole rings is 1. The molecule has 0 unspecified atom stereocenters. The summed E-state index contributed by atoms with van der Waals surface area (Å²) in [6.07, 6.45) is 4.76. The van der Waals surface area contributed by atoms with E-state index in [2.05, 4.69) is 6.58 Å². The van der Waals surface area contributed by atoms with Crippen LogP contribution in [-0.4, -0.2) is 34.4 Å². The van der Waals surface area contributed by atoms with Gasteiger partial charge in [-0.3, -0.25) is 9.59 Å². The van der Waals surface area contributed by atoms with Gasteiger partial charge in [0.25, 0.3) is 11.7 Å². The van der Waals surface area contributed by atoms with E-state index in [1.165, 1.54) is 6.08 Å². The quantitative estimate of drug-likeness (QED) is 0.461. The summed E-state index contributed by atoms with van der Waals surface area (Å²) in [5, 5.41) is 0. The highest BCUT2D eigenvalue weighted by Gasteiger charge is 2.32. The minimum atomic E-state index is -0.624. The number of nitrogens with zero attached hydrogens (tertiary/aromatic N) is 3. The van der Waals surface area contributed by atoms with Crippen LogP contribution in [0.3, 0.4) is 0 Å². The molecule has 1 fully saturated rings. The van der Waals surface area contributed by atoms with Crippen molar-refractivity contribution in [2.24, 2.45) is 5.73 Å². The van der Waals surface area contributed by atoms with Crippen LogP contribution < -0.4 is 20.8 Å². The van der Waals surface area contributed by atoms with Crippen LogP contribution in [0.4, 0.5) is 5.82 Å². The number of primary amides is 1. The monoisotopic (exact) mass is 432 g/mol. The summed E-state index contributed by atoms with van der Waals surface area (Å²) >= 11 is 0. The maximum Gasteiger partial charge on any atom is 0.288 e. The summed E-state index contributed by atoms with van der Waals surface area (Å²) in [6.45, 7) is 4.73. The van der Waals surface area contributed by atoms with E-state index in [-0.39, 0.29) is 23.5 Å². The summed E-state index contributed by atoms with van der Waals surface area (Å²) in [5.74, 6) is 0.939. The third-order valence-corrected chi connectivity index (χ3v) is 5.60. The topological polar surface area (TPSA) is 107 Å². The zero-order chi connectivity index (χ0) is 22.7. The van der Waals surface area contributed by atoms with Crippen LogP contribution in [0.2, 0.25) is 0 Å². The highest BCUT2D eigenvalue weighted by Crippen LogP contribution is 2.25. The lowest BCUT2D eigenvalue weighted by atomic mass is 10.1. The number of rotatable bonds is 6. The van der Waals surface area contributed by atoms with Crippen molar-refractivity contribution in [1.82, 2.24) is 9.47 Å². The van der Waals surface area contributed by atoms with Gasteiger partial charge in [-0.25, -0.2) is 9.13 Å². The molecule has 32 heavy (non-hydrogen) atoms. The molecule has 0 bridgehead atoms. The second-order valence-electron chi connectivity index (χ2n) is 7.68. The van der Waals surface area contributed by atoms with Crippen molar-refractivity contribution in [1.29, 1.82) is 0 Å². The van der Waals surface area contributed by atoms with Crippen LogP contribution in [0.25, 0.3) is 5.69 Å². The fourth-order valence-electron chi connectivity index (χ4n) is 4.03. The predicted octanol–water partition coefficient (Wildman–Crippen LogP) is 2.59. The number of nitrogen functional groups attached to an aromatic ring is 1. The number of carbonyl (C=O) groups excluding carboxylic acids is 2. The fraction of sp³-hybridized carbons (Fsp3) is 0.208. The Kier molecular flexibility index (Phi) is 5.93. The van der Waals surface area contributed by atoms with Crippen molar-refractivity contribution in [3.63, 3.8) is 0 Å². The Hall–Kier alpha value is -4.07. The van der Waals surface area contributed by atoms with Crippen molar-refractivity contribution in [3.05, 3.63) is 79.3 Å². The summed E-state index contributed by atoms with van der Waals surface area (Å²) in [4.78, 5) is 26.1. The number of piperidine rings is 1. The van der Waals surface area contributed by atoms with Crippen LogP contribution in [-0.2, 0) is 4.79 Å². The molecule has 8 heteroatoms. The van der Waals surface area contributed by atoms with Gasteiger partial charge in [0.05, 0.1) is 12.6 Å². The molecule has 4 N–H and O–H groups in total. The highest BCUT2D eigenvalue weighted by atomic mass is 16.5. The van der Waals surface area contributed by atoms with Crippen molar-refractivity contribution >= 4 is 17.6 Å². The third kappa shape index (κ3) is 4.20. The average molecular weight is 433 g/mol. The predicted molar refractivity (Wildman–Crippen MR) is 120 cm³/mol. The molecule has 1 saturated heterocycles. The number of nitrogens with two attached hydrogens (primary N) is 2. The second-order valence-corrected chi connectivity index (χ2v) is 7.68. The molecular formula is C24H26N5O3+. The number of benzene rings is 2. The van der Waals surface area contributed by atoms with Gasteiger partial charge in [-0.05, 0) is 55.3 Å². The van der Waals surface area contributed by atoms with Gasteiger partial charge in [0, 0.05) is 6.54 Å². The molecule has 3 aromatic rings. The first kappa shape index (κ1) is 21.2. The van der Waals surface area contributed by atoms with E-state index in [9.17, 15) is 9.59 Å². The number of carbonyl (C=O) groups is 2. The van der Waals surface area contributed by atoms with E-state index >= 15 is 0 Å². The Morgan fingerprint density at radius 1 is 1.09 bits per heavy atom. The maximum absolute atomic E-state index is 12.2. The van der Waals surface area contributed by atoms with Gasteiger partial charge in [0.1, 0.15) is 17.2 Å². The molecule has 0 spiro atoms. The summed E-state index contributed by atoms with van der Waals surface area (Å²) in [6, 6.07) is 16.7. The molecule has 2 aromatic carbocycles. The van der Waals surface area contributed by atoms with Crippen LogP contribution in [0.15, 0.2) is 73.6 Å². The first-order valence-electron chi connectivity index (χ1n) is 10.4. The number of ether oxygens (including phenoxy) is 1. The molecule has 164 valence electrons. The average Bonchev–Trinajstić information content (AvgIpc) is 3.17. The van der Waals surface area contributed by atoms with Gasteiger partial charge in [0.15, 0.2) is 6.33 Å². The minimum absolute atomic E-state index is 0.0623. The Morgan fingerprint density at radius 3 is 2.44 bits per heavy atom. The minimum Gasteiger partial charge on any atom is -0.457 e. The SMILES string of the molecule is C=CC(=O)N1CCC[C@@H]([n+]2cn(-c3ccc(Oc4ccccc4)cc3)c(C(N)=O)c2N)C1. The number of para-hydroxylation sites is 1. The smallest absolute Gasteiger partial charge is 0.288 e. The third-order valence-electron chi connectivity index (χ3n) is 5.60. The van der Waals surface area contributed by atoms with Gasteiger partial charge in [-0.2, -0.15) is 0 Å². The van der Waals surface area contributed by atoms with Crippen molar-refractivity contribution < 1.29 is 18.9 Å². The Labute approximate surface area is 186 Å². The summed E-state index contributed by atoms with van der Waals surface area (Å²) < 4.78 is 9.35. The van der Waals surface area contributed by atoms with Gasteiger partial charge in [-0.1, -0.05) is 24.8 Å². The van der Waals surface area contributed by atoms with Gasteiger partial charge < -0.3 is 21.1 Å². The first-order chi connectivity index (χ1) is 15.5. The normalized spacial score (nSPS) is 15.9. The van der Waals surface area contributed by atoms with Gasteiger partial charge in [0.2, 0.25) is 11.6 Å². The lowest BCUT2D eigenvalue weighted by molar-refractivity contribution is -0.710. The van der Waals surface area contributed by atoms with E-state index in [1.807, 2.05) is 59.2 Å². The number of hydrogen-bond donors (Lipinski definition) is 2. The standard InChI is InChI=1S/C24H25N5O3/c1-2-21(30)27-14-6-7-18(15-27)29-16-28(22(23(29)25)24(26)31)17-10-12-20(13-11-17)32-19-8-4-3-5-9-19/h2-5,8-13,16,18H,1,6-7,14-15H2,(H3-,25,26,31)/p+1/t18-/m1/s1. The Morgan fingerprint density at radius 2 is 1.78 bits per heavy atom. The molecule has 8 nitrogen and oxygen atoms in total. The van der Waals surface area contributed by atoms with E-state index in [1.54, 1.807) is 15.8 Å². The van der Waals surface area contributed by atoms with Crippen molar-refractivity contribution in [2.45, 2.75) is 18.9 Å². The summed E-state index contributed by atoms with van der Waals surface area (Å²) in [7, 11) is 0. The Balaban J connectivity index is 1.63. The second kappa shape index (κ2) is 8.97. The first-order valence-corrected chi connectivity index (χ1v) is 10.4. The van der Waals surface area contributed by atoms with E-state index < -0.39 is 5.91 Å². The van der Waals surface area contributed by atoms with Crippen LogP contribution >= 0.6 is 0 Å². The molecule has 4 rings (SSSR count). The van der Waals surface area contributed by atoms with E-state index in [0.29, 0.717) is 18.8 Å². The molecule has 0 aliphatic carbocycles. The van der Waals surface area contributed by atoms with Gasteiger partial charge in [-0.15, -0.1) is 0 Å². The molecule has 2 heterocycles. The number of hydrogen-bond acceptors (Lipinski definition) is 4. The van der Waals surface area contributed by atoms with Gasteiger partial charge >= 0.3 is 0 Å². The van der Waals surface area contributed by atoms with E-state index in [0.717, 1.165) is 24.3 Å². The lowest BCUT2D eigenvalue weighted by Gasteiger charge is -2.31. The molecule has 0 radical (unpaired) electrons. The molecule has 1 aliphatic rings. The molecule has 1 aromatic heterocycles. The van der Waals surface area contributed by atoms with Crippen LogP contribution in [0.5, 0.6) is 11.5 Å². The fourth-order valence-corrected chi connectivity index (χ4v) is 4.03.